The summed E-state index contributed by atoms with van der Waals surface area (Å²) in [6, 6.07) is 18.6. The van der Waals surface area contributed by atoms with E-state index < -0.39 is 23.6 Å². The summed E-state index contributed by atoms with van der Waals surface area (Å²) in [6.45, 7) is 11.1. The number of aliphatic hydroxyl groups excluding tert-OH is 1. The predicted molar refractivity (Wildman–Crippen MR) is 256 cm³/mol. The van der Waals surface area contributed by atoms with Crippen LogP contribution in [0.1, 0.15) is 93.4 Å². The van der Waals surface area contributed by atoms with Gasteiger partial charge in [0.1, 0.15) is 17.5 Å². The van der Waals surface area contributed by atoms with E-state index in [1.165, 1.54) is 12.0 Å². The van der Waals surface area contributed by atoms with Crippen molar-refractivity contribution in [2.24, 2.45) is 21.9 Å². The van der Waals surface area contributed by atoms with Gasteiger partial charge in [-0.15, -0.1) is 23.7 Å². The van der Waals surface area contributed by atoms with Gasteiger partial charge in [0.25, 0.3) is 5.91 Å². The van der Waals surface area contributed by atoms with E-state index in [9.17, 15) is 24.3 Å². The van der Waals surface area contributed by atoms with Crippen LogP contribution in [0.2, 0.25) is 0 Å². The van der Waals surface area contributed by atoms with Crippen LogP contribution in [0.25, 0.3) is 10.4 Å². The highest BCUT2D eigenvalue weighted by molar-refractivity contribution is 7.13. The zero-order valence-electron chi connectivity index (χ0n) is 37.6. The van der Waals surface area contributed by atoms with Gasteiger partial charge in [0.15, 0.2) is 5.96 Å². The lowest BCUT2D eigenvalue weighted by Crippen LogP contribution is -2.56. The fourth-order valence-corrected chi connectivity index (χ4v) is 8.45. The van der Waals surface area contributed by atoms with E-state index in [2.05, 4.69) is 38.2 Å². The van der Waals surface area contributed by atoms with Crippen molar-refractivity contribution in [3.8, 4) is 16.2 Å². The number of methoxy groups -OCH3 is 1. The number of thiazole rings is 1. The molecule has 64 heavy (non-hydrogen) atoms. The topological polar surface area (TPSA) is 226 Å². The molecule has 1 fully saturated rings. The molecule has 4 atom stereocenters. The number of halogens is 1. The summed E-state index contributed by atoms with van der Waals surface area (Å²) in [6.07, 6.45) is 3.88. The Bertz CT molecular complexity index is 2210. The Morgan fingerprint density at radius 1 is 1.00 bits per heavy atom. The third-order valence-electron chi connectivity index (χ3n) is 11.1. The maximum Gasteiger partial charge on any atom is 0.255 e. The Labute approximate surface area is 386 Å². The van der Waals surface area contributed by atoms with Crippen LogP contribution in [0.4, 0.5) is 11.4 Å². The Hall–Kier alpha value is -5.55. The molecule has 1 saturated heterocycles. The van der Waals surface area contributed by atoms with E-state index in [0.717, 1.165) is 59.4 Å². The van der Waals surface area contributed by atoms with Crippen LogP contribution in [0.3, 0.4) is 0 Å². The molecule has 346 valence electrons. The second-order valence-electron chi connectivity index (χ2n) is 17.1. The van der Waals surface area contributed by atoms with Crippen LogP contribution >= 0.6 is 23.7 Å². The molecule has 0 saturated carbocycles. The van der Waals surface area contributed by atoms with Crippen molar-refractivity contribution in [2.75, 3.05) is 25.5 Å². The highest BCUT2D eigenvalue weighted by atomic mass is 35.5. The molecule has 0 aliphatic carbocycles. The summed E-state index contributed by atoms with van der Waals surface area (Å²) in [7, 11) is 1.46. The molecule has 1 aliphatic rings. The zero-order valence-corrected chi connectivity index (χ0v) is 39.2. The molecule has 0 spiro atoms. The van der Waals surface area contributed by atoms with Gasteiger partial charge in [-0.05, 0) is 85.2 Å². The van der Waals surface area contributed by atoms with Crippen molar-refractivity contribution in [3.63, 3.8) is 0 Å². The second kappa shape index (κ2) is 23.9. The van der Waals surface area contributed by atoms with Gasteiger partial charge in [-0.1, -0.05) is 76.9 Å². The van der Waals surface area contributed by atoms with Crippen LogP contribution in [-0.4, -0.2) is 89.0 Å². The number of benzene rings is 3. The van der Waals surface area contributed by atoms with Crippen molar-refractivity contribution in [2.45, 2.75) is 110 Å². The number of carbonyl (C=O) groups excluding carboxylic acids is 4. The second-order valence-corrected chi connectivity index (χ2v) is 18.0. The summed E-state index contributed by atoms with van der Waals surface area (Å²) in [5, 5.41) is 23.1. The molecule has 5 rings (SSSR count). The van der Waals surface area contributed by atoms with Crippen LogP contribution in [0.15, 0.2) is 77.2 Å². The number of unbranched alkanes of at least 4 members (excludes halogenated alkanes) is 2. The third kappa shape index (κ3) is 14.5. The molecule has 4 aromatic rings. The lowest BCUT2D eigenvalue weighted by atomic mass is 9.85. The zero-order chi connectivity index (χ0) is 45.7. The van der Waals surface area contributed by atoms with Crippen molar-refractivity contribution < 1.29 is 29.0 Å². The lowest BCUT2D eigenvalue weighted by Gasteiger charge is -2.35. The molecule has 0 radical (unpaired) electrons. The fraction of sp³-hybridized carbons (Fsp3) is 0.447. The Morgan fingerprint density at radius 3 is 2.33 bits per heavy atom. The first-order valence-electron chi connectivity index (χ1n) is 21.5. The minimum absolute atomic E-state index is 0. The molecule has 17 heteroatoms. The Kier molecular flexibility index (Phi) is 19.1. The molecule has 4 amide bonds. The van der Waals surface area contributed by atoms with E-state index in [1.807, 2.05) is 69.6 Å². The molecular formula is C47H64ClN9O6S. The van der Waals surface area contributed by atoms with Gasteiger partial charge in [0.2, 0.25) is 17.7 Å². The molecule has 15 nitrogen and oxygen atoms in total. The quantitative estimate of drug-likeness (QED) is 0.0312. The minimum atomic E-state index is -0.778. The number of aliphatic hydroxyl groups is 1. The first-order valence-corrected chi connectivity index (χ1v) is 22.4. The predicted octanol–water partition coefficient (Wildman–Crippen LogP) is 5.99. The number of guanidine groups is 1. The summed E-state index contributed by atoms with van der Waals surface area (Å²) < 4.78 is 5.32. The van der Waals surface area contributed by atoms with Crippen molar-refractivity contribution in [1.29, 1.82) is 0 Å². The van der Waals surface area contributed by atoms with Gasteiger partial charge in [-0.25, -0.2) is 9.98 Å². The number of nitrogens with one attached hydrogen (secondary N) is 4. The SMILES string of the molecule is CCC(CCCCCN[C@H](C(=O)N1C[C@H](O)C[C@H]1C(=O)NCc1ccc(-c2scnc2C)cc1)C(C)(C)C)NC(=O)Cc1ccc(NC(=O)c2ccc(N=C(N)N)c(OC)c2)cc1.Cl. The van der Waals surface area contributed by atoms with E-state index in [-0.39, 0.29) is 67.4 Å². The average Bonchev–Trinajstić information content (AvgIpc) is 3.87. The van der Waals surface area contributed by atoms with Crippen LogP contribution in [-0.2, 0) is 27.3 Å². The smallest absolute Gasteiger partial charge is 0.255 e. The van der Waals surface area contributed by atoms with Crippen LogP contribution in [0, 0.1) is 12.3 Å². The van der Waals surface area contributed by atoms with E-state index in [1.54, 1.807) is 41.7 Å². The molecule has 3 aromatic carbocycles. The number of rotatable bonds is 20. The number of ether oxygens (including phenoxy) is 1. The van der Waals surface area contributed by atoms with Crippen molar-refractivity contribution in [3.05, 3.63) is 94.6 Å². The standard InChI is InChI=1S/C47H63N9O6S.ClH/c1-7-34(53-40(58)23-30-14-19-35(20-15-30)54-43(59)33-18-21-37(55-46(48)49)39(24-33)62-6)11-9-8-10-22-50-42(47(3,4)5)45(61)56-27-36(57)25-38(56)44(60)51-26-31-12-16-32(17-13-31)41-29(2)52-28-63-41;/h12-21,24,28,34,36,38,42,50,57H,7-11,22-23,25-27H2,1-6H3,(H,51,60)(H,53,58)(H,54,59)(H4,48,49,55);1H/t34?,36-,38+,42-;/m1./s1. The number of hydrogen-bond donors (Lipinski definition) is 7. The number of nitrogens with zero attached hydrogens (tertiary/aromatic N) is 3. The number of aryl methyl sites for hydroxylation is 1. The highest BCUT2D eigenvalue weighted by Gasteiger charge is 2.43. The summed E-state index contributed by atoms with van der Waals surface area (Å²) in [5.74, 6) is -0.647. The monoisotopic (exact) mass is 917 g/mol. The molecule has 0 bridgehead atoms. The van der Waals surface area contributed by atoms with E-state index in [4.69, 9.17) is 16.2 Å². The molecule has 1 aliphatic heterocycles. The van der Waals surface area contributed by atoms with Crippen molar-refractivity contribution in [1.82, 2.24) is 25.8 Å². The summed E-state index contributed by atoms with van der Waals surface area (Å²) in [4.78, 5) is 64.4. The lowest BCUT2D eigenvalue weighted by molar-refractivity contribution is -0.142. The van der Waals surface area contributed by atoms with Gasteiger partial charge >= 0.3 is 0 Å². The number of likely N-dealkylation sites (tertiary alicyclic amines) is 1. The summed E-state index contributed by atoms with van der Waals surface area (Å²) in [5.41, 5.74) is 17.5. The maximum absolute atomic E-state index is 14.1. The molecule has 2 heterocycles. The molecule has 1 aromatic heterocycles. The van der Waals surface area contributed by atoms with E-state index >= 15 is 0 Å². The first kappa shape index (κ1) is 51.1. The van der Waals surface area contributed by atoms with Crippen LogP contribution < -0.4 is 37.5 Å². The number of aromatic nitrogens is 1. The number of aliphatic imine (C=N–C) groups is 1. The molecule has 1 unspecified atom stereocenters. The minimum Gasteiger partial charge on any atom is -0.494 e. The van der Waals surface area contributed by atoms with Gasteiger partial charge < -0.3 is 47.5 Å². The third-order valence-corrected chi connectivity index (χ3v) is 12.1. The van der Waals surface area contributed by atoms with Gasteiger partial charge in [0, 0.05) is 36.8 Å². The Morgan fingerprint density at radius 2 is 1.70 bits per heavy atom. The van der Waals surface area contributed by atoms with Gasteiger partial charge in [0.05, 0.1) is 41.8 Å². The van der Waals surface area contributed by atoms with Crippen molar-refractivity contribution >= 4 is 64.7 Å². The van der Waals surface area contributed by atoms with E-state index in [0.29, 0.717) is 35.8 Å². The van der Waals surface area contributed by atoms with Gasteiger partial charge in [-0.2, -0.15) is 0 Å². The normalized spacial score (nSPS) is 15.6. The number of β-amino-alcohol motifs (C(OH)–C–C–N with tert-alkyl or cyclic N) is 1. The highest BCUT2D eigenvalue weighted by Crippen LogP contribution is 2.30. The molecular weight excluding hydrogens is 854 g/mol. The number of carbonyl (C=O) groups is 4. The fourth-order valence-electron chi connectivity index (χ4n) is 7.64. The largest absolute Gasteiger partial charge is 0.494 e. The number of amides is 4. The molecule has 9 N–H and O–H groups in total. The number of anilines is 1. The number of hydrogen-bond acceptors (Lipinski definition) is 10. The van der Waals surface area contributed by atoms with Crippen LogP contribution in [0.5, 0.6) is 5.75 Å². The average molecular weight is 919 g/mol. The van der Waals surface area contributed by atoms with Gasteiger partial charge in [-0.3, -0.25) is 19.2 Å². The summed E-state index contributed by atoms with van der Waals surface area (Å²) >= 11 is 1.59. The Balaban J connectivity index is 0.00000898. The number of nitrogens with two attached hydrogens (primary N) is 2. The maximum atomic E-state index is 14.1. The first-order chi connectivity index (χ1) is 30.1.